The molecular weight excluding hydrogens is 728 g/mol. The molecule has 290 valence electrons. The summed E-state index contributed by atoms with van der Waals surface area (Å²) in [5, 5.41) is 2.18. The normalized spacial score (nSPS) is 16.5. The fraction of sp³-hybridized carbons (Fsp3) is 0.469. The minimum absolute atomic E-state index is 0.00792. The number of nitrogens with zero attached hydrogens (tertiary/aromatic N) is 3. The van der Waals surface area contributed by atoms with Crippen LogP contribution in [0.5, 0.6) is 5.88 Å². The lowest BCUT2D eigenvalue weighted by atomic mass is 9.93. The van der Waals surface area contributed by atoms with Gasteiger partial charge in [0.25, 0.3) is 5.91 Å². The van der Waals surface area contributed by atoms with E-state index in [1.54, 1.807) is 13.8 Å². The summed E-state index contributed by atoms with van der Waals surface area (Å²) in [6, 6.07) is 1.36. The van der Waals surface area contributed by atoms with Gasteiger partial charge in [0.05, 0.1) is 48.0 Å². The van der Waals surface area contributed by atoms with Gasteiger partial charge in [-0.3, -0.25) is 24.3 Å². The third-order valence-electron chi connectivity index (χ3n) is 7.30. The number of benzene rings is 1. The number of rotatable bonds is 13. The van der Waals surface area contributed by atoms with Crippen LogP contribution in [0.4, 0.5) is 36.8 Å². The molecule has 2 N–H and O–H groups in total. The minimum atomic E-state index is -5.32. The molecule has 1 aromatic heterocycles. The van der Waals surface area contributed by atoms with Gasteiger partial charge in [-0.1, -0.05) is 6.92 Å². The second kappa shape index (κ2) is 17.8. The molecule has 1 aliphatic rings. The van der Waals surface area contributed by atoms with Gasteiger partial charge in [-0.25, -0.2) is 14.6 Å². The largest absolute Gasteiger partial charge is 0.481 e. The Morgan fingerprint density at radius 3 is 2.06 bits per heavy atom. The van der Waals surface area contributed by atoms with Crippen LogP contribution in [0.15, 0.2) is 35.3 Å². The average molecular weight is 764 g/mol. The highest BCUT2D eigenvalue weighted by Crippen LogP contribution is 2.42. The number of carbonyl (C=O) groups is 5. The summed E-state index contributed by atoms with van der Waals surface area (Å²) in [7, 11) is 1.27. The summed E-state index contributed by atoms with van der Waals surface area (Å²) >= 11 is 0. The summed E-state index contributed by atoms with van der Waals surface area (Å²) in [6.45, 7) is 3.20. The fourth-order valence-electron chi connectivity index (χ4n) is 5.01. The van der Waals surface area contributed by atoms with Gasteiger partial charge >= 0.3 is 36.4 Å². The van der Waals surface area contributed by atoms with E-state index in [0.717, 1.165) is 13.8 Å². The molecule has 0 saturated carbocycles. The number of methoxy groups -OCH3 is 1. The van der Waals surface area contributed by atoms with Gasteiger partial charge in [0.2, 0.25) is 5.88 Å². The molecule has 2 heterocycles. The lowest BCUT2D eigenvalue weighted by Crippen LogP contribution is -2.53. The van der Waals surface area contributed by atoms with Crippen molar-refractivity contribution in [3.05, 3.63) is 52.7 Å². The summed E-state index contributed by atoms with van der Waals surface area (Å²) in [6.07, 6.45) is -13.4. The lowest BCUT2D eigenvalue weighted by molar-refractivity contribution is -0.164. The van der Waals surface area contributed by atoms with Crippen LogP contribution >= 0.6 is 0 Å². The Labute approximate surface area is 297 Å². The van der Waals surface area contributed by atoms with Gasteiger partial charge in [-0.15, -0.1) is 5.48 Å². The molecule has 2 aromatic rings. The van der Waals surface area contributed by atoms with Crippen molar-refractivity contribution >= 4 is 41.3 Å². The predicted octanol–water partition coefficient (Wildman–Crippen LogP) is 4.42. The predicted molar refractivity (Wildman–Crippen MR) is 169 cm³/mol. The first-order valence-corrected chi connectivity index (χ1v) is 15.7. The van der Waals surface area contributed by atoms with E-state index in [4.69, 9.17) is 14.3 Å². The number of hydrogen-bond donors (Lipinski definition) is 2. The van der Waals surface area contributed by atoms with Crippen molar-refractivity contribution in [2.75, 3.05) is 31.8 Å². The second-order valence-corrected chi connectivity index (χ2v) is 11.1. The molecule has 0 radical (unpaired) electrons. The van der Waals surface area contributed by atoms with Crippen molar-refractivity contribution in [2.24, 2.45) is 4.99 Å². The Balaban J connectivity index is 2.38. The average Bonchev–Trinajstić information content (AvgIpc) is 3.09. The van der Waals surface area contributed by atoms with E-state index in [9.17, 15) is 50.3 Å². The van der Waals surface area contributed by atoms with E-state index in [2.05, 4.69) is 24.8 Å². The van der Waals surface area contributed by atoms with E-state index >= 15 is 0 Å². The number of ether oxygens (including phenoxy) is 4. The molecule has 2 amide bonds. The summed E-state index contributed by atoms with van der Waals surface area (Å²) in [5.41, 5.74) is -3.00. The number of fused-ring (bicyclic) bond motifs is 1. The number of carbonyl (C=O) groups excluding carboxylic acids is 5. The number of anilines is 1. The van der Waals surface area contributed by atoms with Crippen molar-refractivity contribution < 1.29 is 74.1 Å². The van der Waals surface area contributed by atoms with Gasteiger partial charge in [-0.2, -0.15) is 26.3 Å². The van der Waals surface area contributed by atoms with E-state index in [1.807, 2.05) is 5.48 Å². The van der Waals surface area contributed by atoms with Gasteiger partial charge in [-0.05, 0) is 44.0 Å². The fourth-order valence-corrected chi connectivity index (χ4v) is 5.01. The van der Waals surface area contributed by atoms with Crippen molar-refractivity contribution in [3.8, 4) is 5.88 Å². The lowest BCUT2D eigenvalue weighted by Gasteiger charge is -2.38. The number of hydroxylamine groups is 1. The van der Waals surface area contributed by atoms with E-state index in [-0.39, 0.29) is 42.8 Å². The topological polar surface area (TPSA) is 184 Å². The zero-order chi connectivity index (χ0) is 39.7. The van der Waals surface area contributed by atoms with Gasteiger partial charge < -0.3 is 29.1 Å². The molecule has 1 aromatic carbocycles. The number of esters is 2. The maximum Gasteiger partial charge on any atom is 0.416 e. The van der Waals surface area contributed by atoms with Gasteiger partial charge in [0.1, 0.15) is 0 Å². The highest BCUT2D eigenvalue weighted by molar-refractivity contribution is 6.06. The standard InChI is InChI=1S/C32H35F6N5O10/c1-6-21-13-22(28-23(8-9-25(41-28)49-5)43(21)30(48)50-7-2)39-27(18-10-19(31(33,34)35)12-20(11-18)32(36,37)38)29(40-24(46)14-51-16(3)44)42-53-26(47)15-52-17(4)45/h8-12,21-22,29,42H,6-7,13-15H2,1-5H3,(H,40,46)/t21-,22+,29?/m1/s1. The number of hydrogen-bond acceptors (Lipinski definition) is 13. The number of aromatic nitrogens is 1. The SMILES string of the molecule is CCOC(=O)N1c2ccc(OC)nc2[C@@H](N=C(c2cc(C(F)(F)F)cc(C(F)(F)F)c2)C(NOC(=O)COC(C)=O)NC(=O)COC(C)=O)C[C@H]1CC. The monoisotopic (exact) mass is 763 g/mol. The first-order valence-electron chi connectivity index (χ1n) is 15.7. The van der Waals surface area contributed by atoms with Gasteiger partial charge in [0.15, 0.2) is 19.4 Å². The number of amides is 2. The summed E-state index contributed by atoms with van der Waals surface area (Å²) in [5.74, 6) is -4.32. The van der Waals surface area contributed by atoms with E-state index in [1.165, 1.54) is 24.1 Å². The third kappa shape index (κ3) is 11.5. The Morgan fingerprint density at radius 2 is 1.53 bits per heavy atom. The minimum Gasteiger partial charge on any atom is -0.481 e. The van der Waals surface area contributed by atoms with Crippen LogP contribution in [-0.2, 0) is 50.6 Å². The summed E-state index contributed by atoms with van der Waals surface area (Å²) < 4.78 is 104. The number of aliphatic imine (C=N–C) groups is 1. The van der Waals surface area contributed by atoms with Crippen LogP contribution < -0.4 is 20.4 Å². The van der Waals surface area contributed by atoms with E-state index in [0.29, 0.717) is 12.1 Å². The Morgan fingerprint density at radius 1 is 0.925 bits per heavy atom. The first kappa shape index (κ1) is 41.9. The Hall–Kier alpha value is -5.47. The van der Waals surface area contributed by atoms with Crippen molar-refractivity contribution in [3.63, 3.8) is 0 Å². The highest BCUT2D eigenvalue weighted by atomic mass is 19.4. The van der Waals surface area contributed by atoms with Crippen molar-refractivity contribution in [1.82, 2.24) is 15.8 Å². The molecule has 1 aliphatic heterocycles. The van der Waals surface area contributed by atoms with Crippen molar-refractivity contribution in [2.45, 2.75) is 71.1 Å². The van der Waals surface area contributed by atoms with Crippen LogP contribution in [0.25, 0.3) is 0 Å². The molecular formula is C32H35F6N5O10. The molecule has 53 heavy (non-hydrogen) atoms. The molecule has 15 nitrogen and oxygen atoms in total. The maximum atomic E-state index is 14.1. The van der Waals surface area contributed by atoms with Gasteiger partial charge in [0, 0.05) is 31.5 Å². The van der Waals surface area contributed by atoms with E-state index < -0.39 is 96.1 Å². The molecule has 0 fully saturated rings. The Bertz CT molecular complexity index is 1690. The molecule has 21 heteroatoms. The smallest absolute Gasteiger partial charge is 0.416 e. The molecule has 3 atom stereocenters. The number of alkyl halides is 6. The first-order chi connectivity index (χ1) is 24.8. The quantitative estimate of drug-likeness (QED) is 0.0733. The summed E-state index contributed by atoms with van der Waals surface area (Å²) in [4.78, 5) is 76.0. The highest BCUT2D eigenvalue weighted by Gasteiger charge is 2.41. The van der Waals surface area contributed by atoms with Crippen LogP contribution in [0.2, 0.25) is 0 Å². The molecule has 3 rings (SSSR count). The zero-order valence-corrected chi connectivity index (χ0v) is 28.8. The third-order valence-corrected chi connectivity index (χ3v) is 7.30. The number of halogens is 6. The number of pyridine rings is 1. The molecule has 1 unspecified atom stereocenters. The molecule has 0 spiro atoms. The number of nitrogens with one attached hydrogen (secondary N) is 2. The Kier molecular flexibility index (Phi) is 14.1. The van der Waals surface area contributed by atoms with Crippen LogP contribution in [0, 0.1) is 0 Å². The maximum absolute atomic E-state index is 14.1. The van der Waals surface area contributed by atoms with Crippen LogP contribution in [-0.4, -0.2) is 79.7 Å². The zero-order valence-electron chi connectivity index (χ0n) is 28.8. The van der Waals surface area contributed by atoms with Crippen molar-refractivity contribution in [1.29, 1.82) is 0 Å². The molecule has 0 saturated heterocycles. The second-order valence-electron chi connectivity index (χ2n) is 11.1. The van der Waals surface area contributed by atoms with Crippen LogP contribution in [0.1, 0.15) is 69.0 Å². The van der Waals surface area contributed by atoms with Crippen LogP contribution in [0.3, 0.4) is 0 Å². The molecule has 0 aliphatic carbocycles. The molecule has 0 bridgehead atoms.